The van der Waals surface area contributed by atoms with Crippen LogP contribution in [0, 0.1) is 22.7 Å². The predicted molar refractivity (Wildman–Crippen MR) is 248 cm³/mol. The average molecular weight is 777 g/mol. The highest BCUT2D eigenvalue weighted by atomic mass is 16.5. The summed E-state index contributed by atoms with van der Waals surface area (Å²) in [7, 11) is 3.34. The van der Waals surface area contributed by atoms with Crippen molar-refractivity contribution in [3.05, 3.63) is 203 Å². The highest BCUT2D eigenvalue weighted by Gasteiger charge is 2.12. The second kappa shape index (κ2) is 17.9. The molecule has 0 saturated heterocycles. The fourth-order valence-electron chi connectivity index (χ4n) is 7.09. The molecule has 8 aromatic rings. The van der Waals surface area contributed by atoms with Gasteiger partial charge in [-0.15, -0.1) is 0 Å². The second-order valence-corrected chi connectivity index (χ2v) is 14.2. The molecule has 0 atom stereocenters. The van der Waals surface area contributed by atoms with E-state index in [4.69, 9.17) is 9.47 Å². The van der Waals surface area contributed by atoms with E-state index in [9.17, 15) is 10.5 Å². The van der Waals surface area contributed by atoms with Crippen LogP contribution in [0.25, 0.3) is 57.3 Å². The van der Waals surface area contributed by atoms with Gasteiger partial charge in [0.1, 0.15) is 23.6 Å². The first-order valence-electron chi connectivity index (χ1n) is 19.5. The Morgan fingerprint density at radius 1 is 0.367 bits per heavy atom. The molecular weight excluding hydrogens is 737 g/mol. The first kappa shape index (κ1) is 38.5. The summed E-state index contributed by atoms with van der Waals surface area (Å²) in [5.41, 5.74) is 13.1. The number of nitriles is 2. The van der Waals surface area contributed by atoms with Crippen LogP contribution in [-0.2, 0) is 0 Å². The van der Waals surface area contributed by atoms with E-state index in [0.29, 0.717) is 11.1 Å². The lowest BCUT2D eigenvalue weighted by Crippen LogP contribution is -1.91. The summed E-state index contributed by atoms with van der Waals surface area (Å²) < 4.78 is 10.5. The molecule has 2 N–H and O–H groups in total. The third-order valence-corrected chi connectivity index (χ3v) is 10.4. The van der Waals surface area contributed by atoms with Gasteiger partial charge in [0.15, 0.2) is 0 Å². The lowest BCUT2D eigenvalue weighted by molar-refractivity contribution is 0.415. The zero-order chi connectivity index (χ0) is 41.3. The van der Waals surface area contributed by atoms with E-state index in [0.717, 1.165) is 89.5 Å². The summed E-state index contributed by atoms with van der Waals surface area (Å²) in [6, 6.07) is 61.5. The molecule has 288 valence electrons. The molecular formula is C54H40N4O2. The fourth-order valence-corrected chi connectivity index (χ4v) is 7.09. The smallest absolute Gasteiger partial charge is 0.118 e. The van der Waals surface area contributed by atoms with Gasteiger partial charge in [0.25, 0.3) is 0 Å². The molecule has 0 saturated carbocycles. The number of anilines is 4. The van der Waals surface area contributed by atoms with Gasteiger partial charge < -0.3 is 20.1 Å². The minimum Gasteiger partial charge on any atom is -0.497 e. The Balaban J connectivity index is 0.910. The highest BCUT2D eigenvalue weighted by molar-refractivity contribution is 5.98. The Kier molecular flexibility index (Phi) is 11.5. The van der Waals surface area contributed by atoms with E-state index in [-0.39, 0.29) is 0 Å². The van der Waals surface area contributed by atoms with E-state index in [1.807, 2.05) is 121 Å². The van der Waals surface area contributed by atoms with Gasteiger partial charge in [-0.3, -0.25) is 0 Å². The Morgan fingerprint density at radius 3 is 0.967 bits per heavy atom. The summed E-state index contributed by atoms with van der Waals surface area (Å²) in [6.45, 7) is 0. The molecule has 0 amide bonds. The molecule has 0 radical (unpaired) electrons. The van der Waals surface area contributed by atoms with Crippen LogP contribution in [0.5, 0.6) is 11.5 Å². The van der Waals surface area contributed by atoms with Crippen molar-refractivity contribution in [3.8, 4) is 45.9 Å². The SMILES string of the molecule is COc1ccc(-c2ccc(Nc3ccc(/C=C/c4ccc5c(C#N)c(/C=C/c6ccc(Nc7ccc(-c8ccc(OC)cc8)cc7)cc6)ccc5c4C#N)cc3)cc2)cc1. The molecule has 6 nitrogen and oxygen atoms in total. The number of nitrogens with zero attached hydrogens (tertiary/aromatic N) is 2. The van der Waals surface area contributed by atoms with Crippen molar-refractivity contribution < 1.29 is 9.47 Å². The number of methoxy groups -OCH3 is 2. The molecule has 8 rings (SSSR count). The molecule has 60 heavy (non-hydrogen) atoms. The van der Waals surface area contributed by atoms with Crippen LogP contribution in [0.2, 0.25) is 0 Å². The molecule has 0 spiro atoms. The van der Waals surface area contributed by atoms with Crippen LogP contribution in [0.3, 0.4) is 0 Å². The number of ether oxygens (including phenoxy) is 2. The minimum atomic E-state index is 0.533. The molecule has 8 aromatic carbocycles. The normalized spacial score (nSPS) is 11.0. The topological polar surface area (TPSA) is 90.1 Å². The van der Waals surface area contributed by atoms with Crippen molar-refractivity contribution in [2.75, 3.05) is 24.9 Å². The van der Waals surface area contributed by atoms with Crippen LogP contribution < -0.4 is 20.1 Å². The van der Waals surface area contributed by atoms with Gasteiger partial charge in [0, 0.05) is 33.5 Å². The second-order valence-electron chi connectivity index (χ2n) is 14.2. The number of hydrogen-bond acceptors (Lipinski definition) is 6. The van der Waals surface area contributed by atoms with Gasteiger partial charge in [0.2, 0.25) is 0 Å². The van der Waals surface area contributed by atoms with Crippen LogP contribution in [0.4, 0.5) is 22.7 Å². The number of hydrogen-bond donors (Lipinski definition) is 2. The summed E-state index contributed by atoms with van der Waals surface area (Å²) >= 11 is 0. The van der Waals surface area contributed by atoms with E-state index in [2.05, 4.69) is 95.6 Å². The number of nitrogens with one attached hydrogen (secondary N) is 2. The summed E-state index contributed by atoms with van der Waals surface area (Å²) in [5, 5.41) is 29.0. The van der Waals surface area contributed by atoms with E-state index in [1.165, 1.54) is 0 Å². The van der Waals surface area contributed by atoms with Gasteiger partial charge >= 0.3 is 0 Å². The maximum atomic E-state index is 10.3. The third-order valence-electron chi connectivity index (χ3n) is 10.4. The van der Waals surface area contributed by atoms with Crippen LogP contribution >= 0.6 is 0 Å². The summed E-state index contributed by atoms with van der Waals surface area (Å²) in [6.07, 6.45) is 7.90. The quantitative estimate of drug-likeness (QED) is 0.120. The van der Waals surface area contributed by atoms with Crippen LogP contribution in [0.15, 0.2) is 170 Å². The van der Waals surface area contributed by atoms with Crippen LogP contribution in [0.1, 0.15) is 33.4 Å². The number of rotatable bonds is 12. The van der Waals surface area contributed by atoms with Crippen molar-refractivity contribution in [2.24, 2.45) is 0 Å². The Labute approximate surface area is 350 Å². The van der Waals surface area contributed by atoms with Gasteiger partial charge in [-0.25, -0.2) is 0 Å². The number of benzene rings is 8. The van der Waals surface area contributed by atoms with Gasteiger partial charge in [-0.05, 0) is 117 Å². The average Bonchev–Trinajstić information content (AvgIpc) is 3.31. The predicted octanol–water partition coefficient (Wildman–Crippen LogP) is 13.8. The van der Waals surface area contributed by atoms with E-state index in [1.54, 1.807) is 14.2 Å². The summed E-state index contributed by atoms with van der Waals surface area (Å²) in [5.74, 6) is 1.67. The zero-order valence-electron chi connectivity index (χ0n) is 33.2. The molecule has 0 aliphatic carbocycles. The monoisotopic (exact) mass is 776 g/mol. The largest absolute Gasteiger partial charge is 0.497 e. The molecule has 0 heterocycles. The molecule has 0 bridgehead atoms. The number of fused-ring (bicyclic) bond motifs is 1. The van der Waals surface area contributed by atoms with Gasteiger partial charge in [0.05, 0.1) is 25.3 Å². The maximum Gasteiger partial charge on any atom is 0.118 e. The van der Waals surface area contributed by atoms with Crippen LogP contribution in [-0.4, -0.2) is 14.2 Å². The van der Waals surface area contributed by atoms with Crippen molar-refractivity contribution in [3.63, 3.8) is 0 Å². The Hall–Kier alpha value is -8.32. The van der Waals surface area contributed by atoms with Crippen molar-refractivity contribution in [2.45, 2.75) is 0 Å². The van der Waals surface area contributed by atoms with E-state index < -0.39 is 0 Å². The standard InChI is InChI=1S/C54H40N4O2/c1-59-49-29-15-41(16-30-49)39-11-25-47(26-12-39)57-45-21-5-37(6-22-45)3-9-43-19-33-52-51(53(43)35-55)34-20-44(54(52)36-56)10-4-38-7-23-46(24-8-38)58-48-27-13-40(14-28-48)42-17-31-50(60-2)32-18-42/h3-34,57-58H,1-2H3/b9-3+,10-4+. The van der Waals surface area contributed by atoms with Crippen molar-refractivity contribution >= 4 is 57.8 Å². The first-order chi connectivity index (χ1) is 29.5. The van der Waals surface area contributed by atoms with Gasteiger partial charge in [-0.2, -0.15) is 10.5 Å². The molecule has 6 heteroatoms. The molecule has 0 fully saturated rings. The molecule has 0 aromatic heterocycles. The fraction of sp³-hybridized carbons (Fsp3) is 0.0370. The maximum absolute atomic E-state index is 10.3. The molecule has 0 aliphatic rings. The zero-order valence-corrected chi connectivity index (χ0v) is 33.2. The first-order valence-corrected chi connectivity index (χ1v) is 19.5. The third kappa shape index (κ3) is 8.80. The molecule has 0 aliphatic heterocycles. The van der Waals surface area contributed by atoms with Crippen molar-refractivity contribution in [1.82, 2.24) is 0 Å². The van der Waals surface area contributed by atoms with Crippen molar-refractivity contribution in [1.29, 1.82) is 10.5 Å². The Bertz CT molecular complexity index is 2700. The lowest BCUT2D eigenvalue weighted by atomic mass is 9.93. The highest BCUT2D eigenvalue weighted by Crippen LogP contribution is 2.31. The van der Waals surface area contributed by atoms with Gasteiger partial charge in [-0.1, -0.05) is 121 Å². The summed E-state index contributed by atoms with van der Waals surface area (Å²) in [4.78, 5) is 0. The lowest BCUT2D eigenvalue weighted by Gasteiger charge is -2.10. The molecule has 0 unspecified atom stereocenters. The Morgan fingerprint density at radius 2 is 0.667 bits per heavy atom. The minimum absolute atomic E-state index is 0.533. The van der Waals surface area contributed by atoms with E-state index >= 15 is 0 Å².